The van der Waals surface area contributed by atoms with Crippen LogP contribution in [-0.4, -0.2) is 23.3 Å². The topological polar surface area (TPSA) is 92.5 Å². The molecule has 0 aliphatic carbocycles. The number of nitrogens with zero attached hydrogens (tertiary/aromatic N) is 2. The van der Waals surface area contributed by atoms with Gasteiger partial charge in [0.25, 0.3) is 5.69 Å². The average Bonchev–Trinajstić information content (AvgIpc) is 2.98. The van der Waals surface area contributed by atoms with Gasteiger partial charge in [0.05, 0.1) is 10.8 Å². The summed E-state index contributed by atoms with van der Waals surface area (Å²) >= 11 is 0. The van der Waals surface area contributed by atoms with Crippen LogP contribution in [0.4, 0.5) is 21.5 Å². The standard InChI is InChI=1S/C17H14FN3O4/c18-12-4-6-14(7-5-12)20-10-11(8-16(20)22)17(23)19-13-2-1-3-15(9-13)21(24)25/h1-7,9,11H,8,10H2,(H,19,23)/t11-/m0/s1. The molecule has 1 aliphatic rings. The van der Waals surface area contributed by atoms with Gasteiger partial charge in [0.15, 0.2) is 0 Å². The SMILES string of the molecule is O=C(Nc1cccc([N+](=O)[O-])c1)[C@H]1CC(=O)N(c2ccc(F)cc2)C1. The van der Waals surface area contributed by atoms with E-state index in [9.17, 15) is 24.1 Å². The number of hydrogen-bond acceptors (Lipinski definition) is 4. The van der Waals surface area contributed by atoms with Crippen LogP contribution in [-0.2, 0) is 9.59 Å². The summed E-state index contributed by atoms with van der Waals surface area (Å²) in [7, 11) is 0. The number of carbonyl (C=O) groups is 2. The van der Waals surface area contributed by atoms with Gasteiger partial charge < -0.3 is 10.2 Å². The van der Waals surface area contributed by atoms with Crippen molar-refractivity contribution in [3.63, 3.8) is 0 Å². The van der Waals surface area contributed by atoms with Gasteiger partial charge in [0, 0.05) is 36.5 Å². The summed E-state index contributed by atoms with van der Waals surface area (Å²) in [6.07, 6.45) is 0.0259. The molecule has 1 heterocycles. The number of nitrogens with one attached hydrogen (secondary N) is 1. The van der Waals surface area contributed by atoms with E-state index in [1.54, 1.807) is 6.07 Å². The number of non-ortho nitro benzene ring substituents is 1. The molecule has 128 valence electrons. The third-order valence-electron chi connectivity index (χ3n) is 3.96. The monoisotopic (exact) mass is 343 g/mol. The van der Waals surface area contributed by atoms with E-state index < -0.39 is 22.6 Å². The number of hydrogen-bond donors (Lipinski definition) is 1. The lowest BCUT2D eigenvalue weighted by atomic mass is 10.1. The van der Waals surface area contributed by atoms with E-state index in [1.165, 1.54) is 47.4 Å². The van der Waals surface area contributed by atoms with Gasteiger partial charge in [0.1, 0.15) is 5.82 Å². The molecule has 1 saturated heterocycles. The Morgan fingerprint density at radius 1 is 1.24 bits per heavy atom. The highest BCUT2D eigenvalue weighted by atomic mass is 19.1. The second-order valence-electron chi connectivity index (χ2n) is 5.68. The second kappa shape index (κ2) is 6.68. The number of benzene rings is 2. The lowest BCUT2D eigenvalue weighted by Gasteiger charge is -2.16. The minimum absolute atomic E-state index is 0.0259. The fraction of sp³-hybridized carbons (Fsp3) is 0.176. The van der Waals surface area contributed by atoms with Crippen molar-refractivity contribution in [1.29, 1.82) is 0 Å². The van der Waals surface area contributed by atoms with Crippen LogP contribution in [0.3, 0.4) is 0 Å². The first-order valence-electron chi connectivity index (χ1n) is 7.55. The van der Waals surface area contributed by atoms with Crippen LogP contribution in [0.25, 0.3) is 0 Å². The van der Waals surface area contributed by atoms with Crippen LogP contribution in [0.2, 0.25) is 0 Å². The van der Waals surface area contributed by atoms with Crippen molar-refractivity contribution in [3.05, 3.63) is 64.5 Å². The molecule has 2 aromatic rings. The molecule has 2 amide bonds. The third kappa shape index (κ3) is 3.63. The number of nitro benzene ring substituents is 1. The van der Waals surface area contributed by atoms with E-state index in [2.05, 4.69) is 5.32 Å². The number of rotatable bonds is 4. The molecule has 1 atom stereocenters. The van der Waals surface area contributed by atoms with Crippen LogP contribution in [0, 0.1) is 21.8 Å². The van der Waals surface area contributed by atoms with Crippen molar-refractivity contribution in [2.75, 3.05) is 16.8 Å². The first-order chi connectivity index (χ1) is 11.9. The normalized spacial score (nSPS) is 16.8. The summed E-state index contributed by atoms with van der Waals surface area (Å²) in [4.78, 5) is 36.1. The molecule has 3 rings (SSSR count). The van der Waals surface area contributed by atoms with Crippen LogP contribution < -0.4 is 10.2 Å². The Morgan fingerprint density at radius 2 is 1.96 bits per heavy atom. The van der Waals surface area contributed by atoms with Crippen molar-refractivity contribution in [3.8, 4) is 0 Å². The molecule has 7 nitrogen and oxygen atoms in total. The molecule has 1 fully saturated rings. The number of nitro groups is 1. The zero-order chi connectivity index (χ0) is 18.0. The Bertz CT molecular complexity index is 838. The molecule has 0 spiro atoms. The Labute approximate surface area is 142 Å². The average molecular weight is 343 g/mol. The summed E-state index contributed by atoms with van der Waals surface area (Å²) in [5.41, 5.74) is 0.692. The molecule has 0 radical (unpaired) electrons. The lowest BCUT2D eigenvalue weighted by molar-refractivity contribution is -0.384. The van der Waals surface area contributed by atoms with E-state index in [0.717, 1.165) is 0 Å². The molecule has 0 saturated carbocycles. The van der Waals surface area contributed by atoms with Crippen molar-refractivity contribution in [2.24, 2.45) is 5.92 Å². The second-order valence-corrected chi connectivity index (χ2v) is 5.68. The Kier molecular flexibility index (Phi) is 4.42. The largest absolute Gasteiger partial charge is 0.326 e. The van der Waals surface area contributed by atoms with Gasteiger partial charge in [-0.05, 0) is 30.3 Å². The van der Waals surface area contributed by atoms with Crippen LogP contribution in [0.1, 0.15) is 6.42 Å². The van der Waals surface area contributed by atoms with Gasteiger partial charge in [-0.15, -0.1) is 0 Å². The van der Waals surface area contributed by atoms with Gasteiger partial charge in [-0.1, -0.05) is 6.07 Å². The van der Waals surface area contributed by atoms with Crippen LogP contribution in [0.15, 0.2) is 48.5 Å². The fourth-order valence-electron chi connectivity index (χ4n) is 2.70. The van der Waals surface area contributed by atoms with Crippen molar-refractivity contribution in [1.82, 2.24) is 0 Å². The van der Waals surface area contributed by atoms with Crippen molar-refractivity contribution < 1.29 is 18.9 Å². The van der Waals surface area contributed by atoms with E-state index in [1.807, 2.05) is 0 Å². The predicted molar refractivity (Wildman–Crippen MR) is 88.6 cm³/mol. The quantitative estimate of drug-likeness (QED) is 0.682. The maximum atomic E-state index is 13.0. The van der Waals surface area contributed by atoms with Crippen molar-refractivity contribution in [2.45, 2.75) is 6.42 Å². The Morgan fingerprint density at radius 3 is 2.64 bits per heavy atom. The van der Waals surface area contributed by atoms with E-state index in [0.29, 0.717) is 11.4 Å². The van der Waals surface area contributed by atoms with Gasteiger partial charge >= 0.3 is 0 Å². The first kappa shape index (κ1) is 16.6. The van der Waals surface area contributed by atoms with E-state index >= 15 is 0 Å². The molecule has 8 heteroatoms. The van der Waals surface area contributed by atoms with E-state index in [-0.39, 0.29) is 24.6 Å². The Hall–Kier alpha value is -3.29. The summed E-state index contributed by atoms with van der Waals surface area (Å²) in [6.45, 7) is 0.172. The maximum absolute atomic E-state index is 13.0. The minimum atomic E-state index is -0.586. The first-order valence-corrected chi connectivity index (χ1v) is 7.55. The molecule has 0 aromatic heterocycles. The molecule has 1 aliphatic heterocycles. The fourth-order valence-corrected chi connectivity index (χ4v) is 2.70. The summed E-state index contributed by atoms with van der Waals surface area (Å²) in [5, 5.41) is 13.4. The van der Waals surface area contributed by atoms with Crippen molar-refractivity contribution >= 4 is 28.9 Å². The number of halogens is 1. The summed E-state index contributed by atoms with van der Waals surface area (Å²) in [6, 6.07) is 11.1. The summed E-state index contributed by atoms with van der Waals surface area (Å²) < 4.78 is 13.0. The number of amides is 2. The molecule has 2 aromatic carbocycles. The van der Waals surface area contributed by atoms with Gasteiger partial charge in [0.2, 0.25) is 11.8 Å². The molecule has 0 bridgehead atoms. The predicted octanol–water partition coefficient (Wildman–Crippen LogP) is 2.73. The smallest absolute Gasteiger partial charge is 0.271 e. The van der Waals surface area contributed by atoms with Gasteiger partial charge in [-0.2, -0.15) is 0 Å². The van der Waals surface area contributed by atoms with Gasteiger partial charge in [-0.25, -0.2) is 4.39 Å². The zero-order valence-corrected chi connectivity index (χ0v) is 13.0. The van der Waals surface area contributed by atoms with Gasteiger partial charge in [-0.3, -0.25) is 19.7 Å². The number of carbonyl (C=O) groups excluding carboxylic acids is 2. The van der Waals surface area contributed by atoms with Crippen LogP contribution >= 0.6 is 0 Å². The molecular weight excluding hydrogens is 329 g/mol. The molecule has 1 N–H and O–H groups in total. The molecule has 25 heavy (non-hydrogen) atoms. The highest BCUT2D eigenvalue weighted by Crippen LogP contribution is 2.26. The van der Waals surface area contributed by atoms with E-state index in [4.69, 9.17) is 0 Å². The third-order valence-corrected chi connectivity index (χ3v) is 3.96. The summed E-state index contributed by atoms with van der Waals surface area (Å²) in [5.74, 6) is -1.61. The Balaban J connectivity index is 1.69. The highest BCUT2D eigenvalue weighted by Gasteiger charge is 2.35. The lowest BCUT2D eigenvalue weighted by Crippen LogP contribution is -2.28. The van der Waals surface area contributed by atoms with Crippen LogP contribution in [0.5, 0.6) is 0 Å². The number of anilines is 2. The minimum Gasteiger partial charge on any atom is -0.326 e. The maximum Gasteiger partial charge on any atom is 0.271 e. The molecular formula is C17H14FN3O4. The molecule has 0 unspecified atom stereocenters. The zero-order valence-electron chi connectivity index (χ0n) is 13.0. The highest BCUT2D eigenvalue weighted by molar-refractivity contribution is 6.03.